The second kappa shape index (κ2) is 6.26. The highest BCUT2D eigenvalue weighted by atomic mass is 16.6. The summed E-state index contributed by atoms with van der Waals surface area (Å²) in [6, 6.07) is 0.298. The SMILES string of the molecule is CCNC(C)C(C)c1nc(C2COCCO2)no1. The number of likely N-dealkylation sites (N-methyl/N-ethyl adjacent to an activating group) is 1. The summed E-state index contributed by atoms with van der Waals surface area (Å²) in [5.41, 5.74) is 0. The van der Waals surface area contributed by atoms with Gasteiger partial charge in [-0.15, -0.1) is 0 Å². The smallest absolute Gasteiger partial charge is 0.231 e. The number of hydrogen-bond donors (Lipinski definition) is 1. The molecule has 6 heteroatoms. The summed E-state index contributed by atoms with van der Waals surface area (Å²) in [5, 5.41) is 7.33. The molecule has 0 bridgehead atoms. The van der Waals surface area contributed by atoms with Crippen molar-refractivity contribution in [1.29, 1.82) is 0 Å². The first-order valence-corrected chi connectivity index (χ1v) is 6.48. The minimum atomic E-state index is -0.196. The van der Waals surface area contributed by atoms with Gasteiger partial charge in [0.25, 0.3) is 0 Å². The fourth-order valence-corrected chi connectivity index (χ4v) is 1.91. The lowest BCUT2D eigenvalue weighted by molar-refractivity contribution is -0.0941. The molecule has 3 atom stereocenters. The van der Waals surface area contributed by atoms with Gasteiger partial charge in [0, 0.05) is 6.04 Å². The Balaban J connectivity index is 2.00. The van der Waals surface area contributed by atoms with E-state index in [0.29, 0.717) is 37.6 Å². The molecule has 0 aromatic carbocycles. The average Bonchev–Trinajstić information content (AvgIpc) is 2.89. The number of nitrogens with one attached hydrogen (secondary N) is 1. The molecule has 2 heterocycles. The van der Waals surface area contributed by atoms with Crippen LogP contribution in [-0.4, -0.2) is 42.5 Å². The molecule has 0 saturated carbocycles. The van der Waals surface area contributed by atoms with Gasteiger partial charge >= 0.3 is 0 Å². The summed E-state index contributed by atoms with van der Waals surface area (Å²) in [7, 11) is 0. The molecule has 0 amide bonds. The number of rotatable bonds is 5. The zero-order valence-electron chi connectivity index (χ0n) is 11.2. The van der Waals surface area contributed by atoms with E-state index in [0.717, 1.165) is 6.54 Å². The van der Waals surface area contributed by atoms with Crippen LogP contribution in [-0.2, 0) is 9.47 Å². The topological polar surface area (TPSA) is 69.4 Å². The molecule has 18 heavy (non-hydrogen) atoms. The first-order chi connectivity index (χ1) is 8.72. The Bertz CT molecular complexity index is 363. The van der Waals surface area contributed by atoms with Crippen LogP contribution in [0.4, 0.5) is 0 Å². The highest BCUT2D eigenvalue weighted by Crippen LogP contribution is 2.22. The summed E-state index contributed by atoms with van der Waals surface area (Å²) in [6.45, 7) is 8.89. The van der Waals surface area contributed by atoms with Gasteiger partial charge in [0.15, 0.2) is 0 Å². The third-order valence-corrected chi connectivity index (χ3v) is 3.23. The molecule has 1 aliphatic rings. The Kier molecular flexibility index (Phi) is 4.68. The molecule has 1 N–H and O–H groups in total. The van der Waals surface area contributed by atoms with Gasteiger partial charge in [-0.3, -0.25) is 0 Å². The van der Waals surface area contributed by atoms with E-state index < -0.39 is 0 Å². The molecular formula is C12H21N3O3. The van der Waals surface area contributed by atoms with E-state index in [1.165, 1.54) is 0 Å². The summed E-state index contributed by atoms with van der Waals surface area (Å²) in [5.74, 6) is 1.41. The molecule has 0 radical (unpaired) electrons. The molecule has 1 aromatic heterocycles. The van der Waals surface area contributed by atoms with Crippen molar-refractivity contribution in [2.24, 2.45) is 0 Å². The van der Waals surface area contributed by atoms with Crippen molar-refractivity contribution >= 4 is 0 Å². The Hall–Kier alpha value is -0.980. The zero-order valence-corrected chi connectivity index (χ0v) is 11.2. The Morgan fingerprint density at radius 1 is 1.39 bits per heavy atom. The predicted octanol–water partition coefficient (Wildman–Crippen LogP) is 1.26. The summed E-state index contributed by atoms with van der Waals surface area (Å²) in [6.07, 6.45) is -0.196. The highest BCUT2D eigenvalue weighted by Gasteiger charge is 2.25. The van der Waals surface area contributed by atoms with E-state index in [2.05, 4.69) is 36.2 Å². The maximum absolute atomic E-state index is 5.54. The lowest BCUT2D eigenvalue weighted by atomic mass is 10.0. The second-order valence-electron chi connectivity index (χ2n) is 4.56. The summed E-state index contributed by atoms with van der Waals surface area (Å²) >= 11 is 0. The Morgan fingerprint density at radius 3 is 2.89 bits per heavy atom. The number of hydrogen-bond acceptors (Lipinski definition) is 6. The van der Waals surface area contributed by atoms with Gasteiger partial charge in [-0.2, -0.15) is 4.98 Å². The maximum atomic E-state index is 5.54. The van der Waals surface area contributed by atoms with Crippen molar-refractivity contribution < 1.29 is 14.0 Å². The summed E-state index contributed by atoms with van der Waals surface area (Å²) in [4.78, 5) is 4.41. The lowest BCUT2D eigenvalue weighted by Gasteiger charge is -2.19. The van der Waals surface area contributed by atoms with Gasteiger partial charge in [-0.25, -0.2) is 0 Å². The first-order valence-electron chi connectivity index (χ1n) is 6.48. The summed E-state index contributed by atoms with van der Waals surface area (Å²) < 4.78 is 16.2. The second-order valence-corrected chi connectivity index (χ2v) is 4.56. The molecular weight excluding hydrogens is 234 g/mol. The van der Waals surface area contributed by atoms with E-state index in [1.807, 2.05) is 0 Å². The third kappa shape index (κ3) is 3.07. The van der Waals surface area contributed by atoms with Crippen LogP contribution in [0, 0.1) is 0 Å². The predicted molar refractivity (Wildman–Crippen MR) is 65.4 cm³/mol. The molecule has 1 aromatic rings. The fraction of sp³-hybridized carbons (Fsp3) is 0.833. The standard InChI is InChI=1S/C12H21N3O3/c1-4-13-9(3)8(2)12-14-11(15-18-12)10-7-16-5-6-17-10/h8-10,13H,4-7H2,1-3H3. The molecule has 0 spiro atoms. The van der Waals surface area contributed by atoms with E-state index in [9.17, 15) is 0 Å². The van der Waals surface area contributed by atoms with Crippen LogP contribution < -0.4 is 5.32 Å². The van der Waals surface area contributed by atoms with Crippen LogP contribution in [0.15, 0.2) is 4.52 Å². The van der Waals surface area contributed by atoms with Crippen molar-refractivity contribution in [1.82, 2.24) is 15.5 Å². The van der Waals surface area contributed by atoms with Crippen LogP contribution in [0.1, 0.15) is 44.5 Å². The van der Waals surface area contributed by atoms with E-state index in [-0.39, 0.29) is 12.0 Å². The Morgan fingerprint density at radius 2 is 2.22 bits per heavy atom. The minimum Gasteiger partial charge on any atom is -0.376 e. The van der Waals surface area contributed by atoms with E-state index in [1.54, 1.807) is 0 Å². The van der Waals surface area contributed by atoms with Crippen molar-refractivity contribution in [3.8, 4) is 0 Å². The minimum absolute atomic E-state index is 0.177. The van der Waals surface area contributed by atoms with Gasteiger partial charge in [-0.1, -0.05) is 19.0 Å². The monoisotopic (exact) mass is 255 g/mol. The number of aromatic nitrogens is 2. The van der Waals surface area contributed by atoms with Crippen LogP contribution in [0.3, 0.4) is 0 Å². The van der Waals surface area contributed by atoms with Crippen molar-refractivity contribution in [2.75, 3.05) is 26.4 Å². The fourth-order valence-electron chi connectivity index (χ4n) is 1.91. The normalized spacial score (nSPS) is 23.8. The van der Waals surface area contributed by atoms with E-state index >= 15 is 0 Å². The van der Waals surface area contributed by atoms with Crippen LogP contribution in [0.2, 0.25) is 0 Å². The molecule has 3 unspecified atom stereocenters. The highest BCUT2D eigenvalue weighted by molar-refractivity contribution is 4.99. The number of ether oxygens (including phenoxy) is 2. The molecule has 6 nitrogen and oxygen atoms in total. The van der Waals surface area contributed by atoms with Gasteiger partial charge in [-0.05, 0) is 13.5 Å². The van der Waals surface area contributed by atoms with Crippen LogP contribution in [0.25, 0.3) is 0 Å². The molecule has 1 fully saturated rings. The molecule has 0 aliphatic carbocycles. The zero-order chi connectivity index (χ0) is 13.0. The Labute approximate surface area is 107 Å². The van der Waals surface area contributed by atoms with E-state index in [4.69, 9.17) is 14.0 Å². The first kappa shape index (κ1) is 13.5. The van der Waals surface area contributed by atoms with Crippen LogP contribution >= 0.6 is 0 Å². The van der Waals surface area contributed by atoms with Gasteiger partial charge in [0.05, 0.1) is 25.7 Å². The van der Waals surface area contributed by atoms with Gasteiger partial charge in [0.2, 0.25) is 11.7 Å². The van der Waals surface area contributed by atoms with Crippen LogP contribution in [0.5, 0.6) is 0 Å². The van der Waals surface area contributed by atoms with Crippen molar-refractivity contribution in [3.63, 3.8) is 0 Å². The molecule has 1 aliphatic heterocycles. The number of nitrogens with zero attached hydrogens (tertiary/aromatic N) is 2. The molecule has 1 saturated heterocycles. The lowest BCUT2D eigenvalue weighted by Crippen LogP contribution is -2.30. The third-order valence-electron chi connectivity index (χ3n) is 3.23. The largest absolute Gasteiger partial charge is 0.376 e. The van der Waals surface area contributed by atoms with Crippen molar-refractivity contribution in [3.05, 3.63) is 11.7 Å². The average molecular weight is 255 g/mol. The molecule has 2 rings (SSSR count). The molecule has 102 valence electrons. The van der Waals surface area contributed by atoms with Gasteiger partial charge in [0.1, 0.15) is 6.10 Å². The quantitative estimate of drug-likeness (QED) is 0.854. The maximum Gasteiger partial charge on any atom is 0.231 e. The van der Waals surface area contributed by atoms with Gasteiger partial charge < -0.3 is 19.3 Å². The van der Waals surface area contributed by atoms with Crippen molar-refractivity contribution in [2.45, 2.75) is 38.8 Å².